The Morgan fingerprint density at radius 3 is 2.66 bits per heavy atom. The molecule has 1 saturated carbocycles. The molecular weight excluding hydrogens is 436 g/mol. The lowest BCUT2D eigenvalue weighted by atomic mass is 9.85. The molecule has 7 heteroatoms. The van der Waals surface area contributed by atoms with Gasteiger partial charge in [0.2, 0.25) is 5.95 Å². The number of anilines is 2. The molecule has 0 amide bonds. The van der Waals surface area contributed by atoms with Gasteiger partial charge in [0.1, 0.15) is 5.82 Å². The van der Waals surface area contributed by atoms with Crippen molar-refractivity contribution in [3.63, 3.8) is 0 Å². The van der Waals surface area contributed by atoms with E-state index in [9.17, 15) is 5.11 Å². The minimum atomic E-state index is 0.246. The van der Waals surface area contributed by atoms with Crippen LogP contribution in [0.25, 0.3) is 5.69 Å². The summed E-state index contributed by atoms with van der Waals surface area (Å²) >= 11 is 0. The van der Waals surface area contributed by atoms with Gasteiger partial charge in [0.05, 0.1) is 11.4 Å². The van der Waals surface area contributed by atoms with Gasteiger partial charge in [-0.3, -0.25) is 4.90 Å². The first kappa shape index (κ1) is 23.9. The van der Waals surface area contributed by atoms with E-state index in [1.165, 1.54) is 55.5 Å². The van der Waals surface area contributed by atoms with Gasteiger partial charge in [-0.15, -0.1) is 0 Å². The number of aromatic nitrogens is 4. The number of imidazole rings is 1. The summed E-state index contributed by atoms with van der Waals surface area (Å²) in [5, 5.41) is 12.7. The predicted molar refractivity (Wildman–Crippen MR) is 139 cm³/mol. The predicted octanol–water partition coefficient (Wildman–Crippen LogP) is 4.97. The number of hydrogen-bond donors (Lipinski definition) is 2. The van der Waals surface area contributed by atoms with E-state index in [0.29, 0.717) is 5.95 Å². The summed E-state index contributed by atoms with van der Waals surface area (Å²) in [6.45, 7) is 5.07. The highest BCUT2D eigenvalue weighted by Crippen LogP contribution is 2.30. The average Bonchev–Trinajstić information content (AvgIpc) is 3.33. The second kappa shape index (κ2) is 11.3. The summed E-state index contributed by atoms with van der Waals surface area (Å²) in [5.41, 5.74) is 5.80. The van der Waals surface area contributed by atoms with Crippen molar-refractivity contribution in [2.75, 3.05) is 25.0 Å². The molecule has 0 spiro atoms. The van der Waals surface area contributed by atoms with E-state index < -0.39 is 0 Å². The Morgan fingerprint density at radius 2 is 1.91 bits per heavy atom. The lowest BCUT2D eigenvalue weighted by Gasteiger charge is -2.30. The number of hydrogen-bond acceptors (Lipinski definition) is 6. The number of aliphatic hydroxyl groups excluding tert-OH is 1. The highest BCUT2D eigenvalue weighted by atomic mass is 16.3. The molecule has 2 aromatic heterocycles. The van der Waals surface area contributed by atoms with Gasteiger partial charge in [0.25, 0.3) is 0 Å². The van der Waals surface area contributed by atoms with E-state index >= 15 is 0 Å². The van der Waals surface area contributed by atoms with Crippen molar-refractivity contribution < 1.29 is 5.11 Å². The third kappa shape index (κ3) is 5.90. The van der Waals surface area contributed by atoms with Crippen LogP contribution >= 0.6 is 0 Å². The number of nitrogens with zero attached hydrogens (tertiary/aromatic N) is 5. The van der Waals surface area contributed by atoms with Crippen LogP contribution in [0.3, 0.4) is 0 Å². The molecule has 1 aliphatic heterocycles. The second-order valence-electron chi connectivity index (χ2n) is 10.1. The molecule has 0 saturated heterocycles. The Balaban J connectivity index is 1.35. The maximum Gasteiger partial charge on any atom is 0.227 e. The molecule has 0 radical (unpaired) electrons. The van der Waals surface area contributed by atoms with Crippen molar-refractivity contribution in [2.45, 2.75) is 71.3 Å². The van der Waals surface area contributed by atoms with Crippen molar-refractivity contribution in [1.29, 1.82) is 0 Å². The molecule has 35 heavy (non-hydrogen) atoms. The molecular formula is C28H38N6O. The first-order valence-corrected chi connectivity index (χ1v) is 13.3. The first-order chi connectivity index (χ1) is 17.2. The minimum Gasteiger partial charge on any atom is -0.396 e. The van der Waals surface area contributed by atoms with Crippen LogP contribution in [-0.2, 0) is 19.4 Å². The van der Waals surface area contributed by atoms with Crippen LogP contribution in [0, 0.1) is 12.8 Å². The molecule has 0 unspecified atom stereocenters. The van der Waals surface area contributed by atoms with E-state index in [4.69, 9.17) is 9.97 Å². The summed E-state index contributed by atoms with van der Waals surface area (Å²) in [6, 6.07) is 8.35. The highest BCUT2D eigenvalue weighted by Gasteiger charge is 2.23. The SMILES string of the molecule is Cc1nccn1-c1ccc(Nc2nc(CCC3CCCCC3)c3c(n2)CCN(CCCO)C3)cc1. The molecule has 5 rings (SSSR count). The normalized spacial score (nSPS) is 16.9. The van der Waals surface area contributed by atoms with Crippen molar-refractivity contribution in [2.24, 2.45) is 5.92 Å². The van der Waals surface area contributed by atoms with Gasteiger partial charge in [-0.2, -0.15) is 0 Å². The molecule has 1 aliphatic carbocycles. The molecule has 1 fully saturated rings. The van der Waals surface area contributed by atoms with Crippen molar-refractivity contribution in [3.8, 4) is 5.69 Å². The lowest BCUT2D eigenvalue weighted by Crippen LogP contribution is -2.33. The Bertz CT molecular complexity index is 1100. The van der Waals surface area contributed by atoms with Crippen molar-refractivity contribution in [3.05, 3.63) is 59.4 Å². The van der Waals surface area contributed by atoms with Gasteiger partial charge in [0.15, 0.2) is 0 Å². The van der Waals surface area contributed by atoms with Gasteiger partial charge >= 0.3 is 0 Å². The van der Waals surface area contributed by atoms with Gasteiger partial charge < -0.3 is 15.0 Å². The van der Waals surface area contributed by atoms with E-state index in [1.54, 1.807) is 0 Å². The molecule has 0 atom stereocenters. The lowest BCUT2D eigenvalue weighted by molar-refractivity contribution is 0.210. The smallest absolute Gasteiger partial charge is 0.227 e. The van der Waals surface area contributed by atoms with Gasteiger partial charge in [-0.1, -0.05) is 32.1 Å². The summed E-state index contributed by atoms with van der Waals surface area (Å²) < 4.78 is 2.07. The Hall–Kier alpha value is -2.77. The molecule has 1 aromatic carbocycles. The molecule has 3 heterocycles. The number of aliphatic hydroxyl groups is 1. The van der Waals surface area contributed by atoms with Crippen LogP contribution in [0.4, 0.5) is 11.6 Å². The van der Waals surface area contributed by atoms with Crippen LogP contribution in [0.5, 0.6) is 0 Å². The van der Waals surface area contributed by atoms with Crippen LogP contribution in [0.1, 0.15) is 67.7 Å². The van der Waals surface area contributed by atoms with Crippen molar-refractivity contribution >= 4 is 11.6 Å². The zero-order chi connectivity index (χ0) is 24.0. The number of benzene rings is 1. The van der Waals surface area contributed by atoms with Gasteiger partial charge in [0, 0.05) is 62.0 Å². The third-order valence-electron chi connectivity index (χ3n) is 7.60. The molecule has 3 aromatic rings. The first-order valence-electron chi connectivity index (χ1n) is 13.3. The third-order valence-corrected chi connectivity index (χ3v) is 7.60. The fraction of sp³-hybridized carbons (Fsp3) is 0.536. The fourth-order valence-corrected chi connectivity index (χ4v) is 5.59. The van der Waals surface area contributed by atoms with Gasteiger partial charge in [-0.25, -0.2) is 15.0 Å². The summed E-state index contributed by atoms with van der Waals surface area (Å²) in [7, 11) is 0. The topological polar surface area (TPSA) is 79.1 Å². The Labute approximate surface area is 208 Å². The minimum absolute atomic E-state index is 0.246. The summed E-state index contributed by atoms with van der Waals surface area (Å²) in [4.78, 5) is 16.8. The van der Waals surface area contributed by atoms with E-state index in [1.807, 2.05) is 19.3 Å². The van der Waals surface area contributed by atoms with Crippen LogP contribution in [0.15, 0.2) is 36.7 Å². The summed E-state index contributed by atoms with van der Waals surface area (Å²) in [5.74, 6) is 2.51. The highest BCUT2D eigenvalue weighted by molar-refractivity contribution is 5.56. The zero-order valence-electron chi connectivity index (χ0n) is 20.9. The van der Waals surface area contributed by atoms with Crippen LogP contribution in [0.2, 0.25) is 0 Å². The van der Waals surface area contributed by atoms with Crippen molar-refractivity contribution in [1.82, 2.24) is 24.4 Å². The van der Waals surface area contributed by atoms with Gasteiger partial charge in [-0.05, 0) is 56.4 Å². The largest absolute Gasteiger partial charge is 0.396 e. The number of fused-ring (bicyclic) bond motifs is 1. The maximum absolute atomic E-state index is 9.27. The number of aryl methyl sites for hydroxylation is 2. The Morgan fingerprint density at radius 1 is 1.09 bits per heavy atom. The molecule has 7 nitrogen and oxygen atoms in total. The monoisotopic (exact) mass is 474 g/mol. The maximum atomic E-state index is 9.27. The van der Waals surface area contributed by atoms with E-state index in [0.717, 1.165) is 62.0 Å². The number of nitrogens with one attached hydrogen (secondary N) is 1. The number of rotatable bonds is 9. The standard InChI is InChI=1S/C28H38N6O/c1-21-29-15-18-34(21)24-11-9-23(10-12-24)30-28-31-26(13-8-22-6-3-2-4-7-22)25-20-33(16-5-19-35)17-14-27(25)32-28/h9-12,15,18,22,35H,2-8,13-14,16-17,19-20H2,1H3,(H,30,31,32). The molecule has 2 aliphatic rings. The quantitative estimate of drug-likeness (QED) is 0.456. The van der Waals surface area contributed by atoms with E-state index in [-0.39, 0.29) is 6.61 Å². The van der Waals surface area contributed by atoms with Crippen LogP contribution in [-0.4, -0.2) is 49.2 Å². The average molecular weight is 475 g/mol. The summed E-state index contributed by atoms with van der Waals surface area (Å²) in [6.07, 6.45) is 14.7. The second-order valence-corrected chi connectivity index (χ2v) is 10.1. The zero-order valence-corrected chi connectivity index (χ0v) is 20.9. The molecule has 0 bridgehead atoms. The van der Waals surface area contributed by atoms with E-state index in [2.05, 4.69) is 44.0 Å². The van der Waals surface area contributed by atoms with Crippen LogP contribution < -0.4 is 5.32 Å². The Kier molecular flexibility index (Phi) is 7.74. The molecule has 2 N–H and O–H groups in total. The fourth-order valence-electron chi connectivity index (χ4n) is 5.59. The molecule has 186 valence electrons.